The minimum atomic E-state index is 0.735. The second-order valence-electron chi connectivity index (χ2n) is 4.57. The molecule has 1 aliphatic heterocycles. The summed E-state index contributed by atoms with van der Waals surface area (Å²) in [5.41, 5.74) is 10.2. The van der Waals surface area contributed by atoms with E-state index in [9.17, 15) is 0 Å². The first kappa shape index (κ1) is 14.3. The lowest BCUT2D eigenvalue weighted by molar-refractivity contribution is 0.687. The highest BCUT2D eigenvalue weighted by Crippen LogP contribution is 2.29. The molecule has 1 heterocycles. The Kier molecular flexibility index (Phi) is 4.25. The van der Waals surface area contributed by atoms with Crippen LogP contribution in [-0.2, 0) is 0 Å². The van der Waals surface area contributed by atoms with E-state index < -0.39 is 0 Å². The van der Waals surface area contributed by atoms with E-state index >= 15 is 0 Å². The Bertz CT molecular complexity index is 636. The van der Waals surface area contributed by atoms with Crippen molar-refractivity contribution in [2.45, 2.75) is 6.92 Å². The molecule has 1 aromatic rings. The smallest absolute Gasteiger partial charge is 0.122 e. The van der Waals surface area contributed by atoms with Gasteiger partial charge in [0.15, 0.2) is 0 Å². The second-order valence-corrected chi connectivity index (χ2v) is 5.38. The Hall–Kier alpha value is -2.07. The molecule has 0 saturated carbocycles. The van der Waals surface area contributed by atoms with E-state index in [2.05, 4.69) is 34.1 Å². The molecule has 0 atom stereocenters. The van der Waals surface area contributed by atoms with Gasteiger partial charge < -0.3 is 10.6 Å². The third-order valence-electron chi connectivity index (χ3n) is 2.73. The van der Waals surface area contributed by atoms with Crippen molar-refractivity contribution < 1.29 is 0 Å². The van der Waals surface area contributed by atoms with Crippen LogP contribution in [0.1, 0.15) is 12.5 Å². The van der Waals surface area contributed by atoms with Gasteiger partial charge in [-0.1, -0.05) is 30.9 Å². The summed E-state index contributed by atoms with van der Waals surface area (Å²) in [5, 5.41) is 0. The summed E-state index contributed by atoms with van der Waals surface area (Å²) in [4.78, 5) is 6.14. The van der Waals surface area contributed by atoms with Crippen molar-refractivity contribution in [1.82, 2.24) is 4.90 Å². The molecule has 1 aliphatic rings. The number of benzene rings is 1. The van der Waals surface area contributed by atoms with E-state index in [1.54, 1.807) is 6.21 Å². The SMILES string of the molecule is C=C(C)C=C(c1ccc(N)cc1)N1C=C(Br)N=CC1=C. The van der Waals surface area contributed by atoms with Crippen LogP contribution in [0, 0.1) is 0 Å². The summed E-state index contributed by atoms with van der Waals surface area (Å²) in [5.74, 6) is 0. The Morgan fingerprint density at radius 3 is 2.60 bits per heavy atom. The molecule has 3 nitrogen and oxygen atoms in total. The summed E-state index contributed by atoms with van der Waals surface area (Å²) >= 11 is 3.39. The molecule has 0 unspecified atom stereocenters. The number of hydrogen-bond acceptors (Lipinski definition) is 3. The topological polar surface area (TPSA) is 41.6 Å². The summed E-state index contributed by atoms with van der Waals surface area (Å²) in [6, 6.07) is 7.71. The molecule has 0 saturated heterocycles. The number of halogens is 1. The predicted molar refractivity (Wildman–Crippen MR) is 90.1 cm³/mol. The highest BCUT2D eigenvalue weighted by molar-refractivity contribution is 9.11. The lowest BCUT2D eigenvalue weighted by Crippen LogP contribution is -2.18. The van der Waals surface area contributed by atoms with Gasteiger partial charge in [0.25, 0.3) is 0 Å². The number of nitrogen functional groups attached to an aromatic ring is 1. The van der Waals surface area contributed by atoms with Crippen molar-refractivity contribution in [3.63, 3.8) is 0 Å². The first-order valence-electron chi connectivity index (χ1n) is 6.10. The molecule has 0 aromatic heterocycles. The van der Waals surface area contributed by atoms with Gasteiger partial charge in [-0.05, 0) is 46.6 Å². The minimum Gasteiger partial charge on any atom is -0.399 e. The highest BCUT2D eigenvalue weighted by atomic mass is 79.9. The van der Waals surface area contributed by atoms with Crippen molar-refractivity contribution in [3.8, 4) is 0 Å². The van der Waals surface area contributed by atoms with Crippen LogP contribution in [0.5, 0.6) is 0 Å². The van der Waals surface area contributed by atoms with Crippen LogP contribution in [0.15, 0.2) is 70.6 Å². The number of nitrogens with two attached hydrogens (primary N) is 1. The van der Waals surface area contributed by atoms with Gasteiger partial charge in [0.2, 0.25) is 0 Å². The Morgan fingerprint density at radius 2 is 2.00 bits per heavy atom. The summed E-state index contributed by atoms with van der Waals surface area (Å²) in [7, 11) is 0. The predicted octanol–water partition coefficient (Wildman–Crippen LogP) is 4.28. The van der Waals surface area contributed by atoms with Crippen molar-refractivity contribution in [1.29, 1.82) is 0 Å². The molecule has 2 rings (SSSR count). The van der Waals surface area contributed by atoms with Crippen molar-refractivity contribution in [2.75, 3.05) is 5.73 Å². The molecule has 4 heteroatoms. The second kappa shape index (κ2) is 5.92. The Labute approximate surface area is 127 Å². The number of allylic oxidation sites excluding steroid dienone is 3. The lowest BCUT2D eigenvalue weighted by atomic mass is 10.1. The van der Waals surface area contributed by atoms with Crippen LogP contribution in [0.4, 0.5) is 5.69 Å². The van der Waals surface area contributed by atoms with Gasteiger partial charge in [-0.25, -0.2) is 4.99 Å². The van der Waals surface area contributed by atoms with E-state index in [0.717, 1.165) is 32.8 Å². The summed E-state index contributed by atoms with van der Waals surface area (Å²) in [6.45, 7) is 9.93. The van der Waals surface area contributed by atoms with Gasteiger partial charge in [0, 0.05) is 11.9 Å². The third-order valence-corrected chi connectivity index (χ3v) is 3.14. The molecule has 0 fully saturated rings. The van der Waals surface area contributed by atoms with Crippen molar-refractivity contribution >= 4 is 33.5 Å². The molecule has 0 aliphatic carbocycles. The molecule has 1 aromatic carbocycles. The minimum absolute atomic E-state index is 0.735. The van der Waals surface area contributed by atoms with Crippen LogP contribution < -0.4 is 5.73 Å². The van der Waals surface area contributed by atoms with Crippen LogP contribution in [0.3, 0.4) is 0 Å². The van der Waals surface area contributed by atoms with Gasteiger partial charge >= 0.3 is 0 Å². The summed E-state index contributed by atoms with van der Waals surface area (Å²) in [6.07, 6.45) is 5.60. The van der Waals surface area contributed by atoms with Crippen molar-refractivity contribution in [2.24, 2.45) is 4.99 Å². The first-order valence-corrected chi connectivity index (χ1v) is 6.89. The molecule has 2 N–H and O–H groups in total. The molecule has 0 radical (unpaired) electrons. The average Bonchev–Trinajstić information content (AvgIpc) is 2.40. The van der Waals surface area contributed by atoms with Gasteiger partial charge in [0.05, 0.1) is 17.6 Å². The lowest BCUT2D eigenvalue weighted by Gasteiger charge is -2.26. The van der Waals surface area contributed by atoms with Crippen LogP contribution in [0.25, 0.3) is 5.70 Å². The zero-order chi connectivity index (χ0) is 14.7. The normalized spacial score (nSPS) is 15.3. The molecule has 20 heavy (non-hydrogen) atoms. The van der Waals surface area contributed by atoms with Gasteiger partial charge in [-0.2, -0.15) is 0 Å². The number of nitrogens with zero attached hydrogens (tertiary/aromatic N) is 2. The zero-order valence-corrected chi connectivity index (χ0v) is 12.9. The van der Waals surface area contributed by atoms with E-state index in [1.807, 2.05) is 48.4 Å². The number of hydrogen-bond donors (Lipinski definition) is 1. The Morgan fingerprint density at radius 1 is 1.35 bits per heavy atom. The number of anilines is 1. The van der Waals surface area contributed by atoms with Crippen LogP contribution in [0.2, 0.25) is 0 Å². The van der Waals surface area contributed by atoms with Crippen molar-refractivity contribution in [3.05, 3.63) is 71.1 Å². The van der Waals surface area contributed by atoms with Gasteiger partial charge in [-0.3, -0.25) is 0 Å². The third kappa shape index (κ3) is 3.27. The largest absolute Gasteiger partial charge is 0.399 e. The van der Waals surface area contributed by atoms with E-state index in [1.165, 1.54) is 0 Å². The maximum atomic E-state index is 5.75. The molecule has 0 bridgehead atoms. The number of aliphatic imine (C=N–C) groups is 1. The highest BCUT2D eigenvalue weighted by Gasteiger charge is 2.15. The standard InChI is InChI=1S/C16H16BrN3/c1-11(2)8-15(13-4-6-14(18)7-5-13)20-10-16(17)19-9-12(20)3/h4-10H,1,3,18H2,2H3. The first-order chi connectivity index (χ1) is 9.47. The molecule has 0 amide bonds. The van der Waals surface area contributed by atoms with Crippen LogP contribution >= 0.6 is 15.9 Å². The quantitative estimate of drug-likeness (QED) is 0.511. The zero-order valence-electron chi connectivity index (χ0n) is 11.3. The van der Waals surface area contributed by atoms with Gasteiger partial charge in [-0.15, -0.1) is 0 Å². The monoisotopic (exact) mass is 329 g/mol. The fourth-order valence-electron chi connectivity index (χ4n) is 1.82. The van der Waals surface area contributed by atoms with E-state index in [4.69, 9.17) is 5.73 Å². The van der Waals surface area contributed by atoms with Crippen LogP contribution in [-0.4, -0.2) is 11.1 Å². The number of rotatable bonds is 3. The maximum Gasteiger partial charge on any atom is 0.122 e. The fraction of sp³-hybridized carbons (Fsp3) is 0.0625. The van der Waals surface area contributed by atoms with Gasteiger partial charge in [0.1, 0.15) is 4.61 Å². The Balaban J connectivity index is 2.49. The molecular formula is C16H16BrN3. The fourth-order valence-corrected chi connectivity index (χ4v) is 2.13. The average molecular weight is 330 g/mol. The molecule has 0 spiro atoms. The van der Waals surface area contributed by atoms with E-state index in [-0.39, 0.29) is 0 Å². The molecular weight excluding hydrogens is 314 g/mol. The maximum absolute atomic E-state index is 5.75. The molecule has 102 valence electrons. The van der Waals surface area contributed by atoms with E-state index in [0.29, 0.717) is 0 Å². The summed E-state index contributed by atoms with van der Waals surface area (Å²) < 4.78 is 0.743.